The minimum Gasteiger partial charge on any atom is -0.497 e. The van der Waals surface area contributed by atoms with Crippen LogP contribution in [0.2, 0.25) is 0 Å². The van der Waals surface area contributed by atoms with Gasteiger partial charge in [-0.25, -0.2) is 8.42 Å². The third-order valence-electron chi connectivity index (χ3n) is 4.26. The summed E-state index contributed by atoms with van der Waals surface area (Å²) in [5, 5.41) is 2.82. The van der Waals surface area contributed by atoms with Crippen molar-refractivity contribution in [2.45, 2.75) is 12.8 Å². The first-order chi connectivity index (χ1) is 12.4. The molecule has 1 aromatic rings. The highest BCUT2D eigenvalue weighted by Gasteiger charge is 2.24. The molecule has 0 aliphatic carbocycles. The monoisotopic (exact) mass is 386 g/mol. The van der Waals surface area contributed by atoms with Gasteiger partial charge in [0.05, 0.1) is 32.7 Å². The minimum absolute atomic E-state index is 0.0700. The lowest BCUT2D eigenvalue weighted by Crippen LogP contribution is -2.41. The molecule has 1 fully saturated rings. The van der Waals surface area contributed by atoms with Crippen LogP contribution >= 0.6 is 0 Å². The van der Waals surface area contributed by atoms with Crippen LogP contribution in [-0.2, 0) is 19.6 Å². The second-order valence-electron chi connectivity index (χ2n) is 6.05. The maximum absolute atomic E-state index is 12.3. The number of rotatable bonds is 8. The van der Waals surface area contributed by atoms with Gasteiger partial charge in [-0.1, -0.05) is 0 Å². The molecule has 0 bridgehead atoms. The summed E-state index contributed by atoms with van der Waals surface area (Å²) < 4.78 is 41.5. The molecule has 8 nitrogen and oxygen atoms in total. The van der Waals surface area contributed by atoms with Crippen LogP contribution in [-0.4, -0.2) is 61.1 Å². The van der Waals surface area contributed by atoms with Crippen molar-refractivity contribution in [3.63, 3.8) is 0 Å². The van der Waals surface area contributed by atoms with Crippen LogP contribution in [0.4, 0.5) is 5.69 Å². The molecule has 1 heterocycles. The molecule has 1 saturated heterocycles. The first-order valence-electron chi connectivity index (χ1n) is 8.42. The van der Waals surface area contributed by atoms with Gasteiger partial charge in [0.25, 0.3) is 0 Å². The van der Waals surface area contributed by atoms with Crippen LogP contribution in [0.5, 0.6) is 11.5 Å². The number of nitrogens with one attached hydrogen (secondary N) is 1. The molecule has 1 N–H and O–H groups in total. The van der Waals surface area contributed by atoms with E-state index in [0.29, 0.717) is 43.2 Å². The Morgan fingerprint density at radius 2 is 1.96 bits per heavy atom. The van der Waals surface area contributed by atoms with Gasteiger partial charge < -0.3 is 19.5 Å². The largest absolute Gasteiger partial charge is 0.497 e. The number of hydrogen-bond acceptors (Lipinski definition) is 6. The standard InChI is InChI=1S/C17H26N2O6S/c1-23-14-4-5-16(24-2)15(12-14)19(26(3,21)22)9-8-18-17(20)13-6-10-25-11-7-13/h4-5,12-13H,6-11H2,1-3H3,(H,18,20). The summed E-state index contributed by atoms with van der Waals surface area (Å²) in [7, 11) is -0.596. The lowest BCUT2D eigenvalue weighted by molar-refractivity contribution is -0.127. The molecule has 1 aliphatic heterocycles. The van der Waals surface area contributed by atoms with E-state index in [1.165, 1.54) is 18.5 Å². The summed E-state index contributed by atoms with van der Waals surface area (Å²) in [6, 6.07) is 4.93. The summed E-state index contributed by atoms with van der Waals surface area (Å²) in [5.74, 6) is 0.772. The summed E-state index contributed by atoms with van der Waals surface area (Å²) in [4.78, 5) is 12.2. The van der Waals surface area contributed by atoms with E-state index in [1.54, 1.807) is 18.2 Å². The van der Waals surface area contributed by atoms with Gasteiger partial charge in [-0.2, -0.15) is 0 Å². The van der Waals surface area contributed by atoms with Crippen molar-refractivity contribution in [3.05, 3.63) is 18.2 Å². The molecule has 0 atom stereocenters. The third kappa shape index (κ3) is 5.25. The van der Waals surface area contributed by atoms with Crippen molar-refractivity contribution >= 4 is 21.6 Å². The van der Waals surface area contributed by atoms with Gasteiger partial charge in [-0.3, -0.25) is 9.10 Å². The number of anilines is 1. The number of ether oxygens (including phenoxy) is 3. The quantitative estimate of drug-likeness (QED) is 0.717. The Morgan fingerprint density at radius 3 is 2.54 bits per heavy atom. The van der Waals surface area contributed by atoms with Gasteiger partial charge in [0, 0.05) is 31.7 Å². The van der Waals surface area contributed by atoms with E-state index in [4.69, 9.17) is 14.2 Å². The van der Waals surface area contributed by atoms with Gasteiger partial charge in [-0.15, -0.1) is 0 Å². The highest BCUT2D eigenvalue weighted by molar-refractivity contribution is 7.92. The summed E-state index contributed by atoms with van der Waals surface area (Å²) in [6.45, 7) is 1.45. The molecule has 0 radical (unpaired) electrons. The van der Waals surface area contributed by atoms with E-state index in [9.17, 15) is 13.2 Å². The fourth-order valence-corrected chi connectivity index (χ4v) is 3.76. The molecule has 9 heteroatoms. The van der Waals surface area contributed by atoms with Crippen molar-refractivity contribution in [2.75, 3.05) is 51.1 Å². The van der Waals surface area contributed by atoms with E-state index < -0.39 is 10.0 Å². The van der Waals surface area contributed by atoms with Crippen LogP contribution in [0.1, 0.15) is 12.8 Å². The lowest BCUT2D eigenvalue weighted by atomic mass is 9.99. The normalized spacial score (nSPS) is 15.3. The zero-order valence-electron chi connectivity index (χ0n) is 15.4. The van der Waals surface area contributed by atoms with E-state index in [-0.39, 0.29) is 24.9 Å². The Kier molecular flexibility index (Phi) is 7.10. The Morgan fingerprint density at radius 1 is 1.27 bits per heavy atom. The van der Waals surface area contributed by atoms with Crippen LogP contribution in [0.15, 0.2) is 18.2 Å². The smallest absolute Gasteiger partial charge is 0.232 e. The fourth-order valence-electron chi connectivity index (χ4n) is 2.84. The number of nitrogens with zero attached hydrogens (tertiary/aromatic N) is 1. The van der Waals surface area contributed by atoms with Gasteiger partial charge in [0.15, 0.2) is 0 Å². The molecular weight excluding hydrogens is 360 g/mol. The molecule has 1 aliphatic rings. The second-order valence-corrected chi connectivity index (χ2v) is 7.96. The van der Waals surface area contributed by atoms with E-state index in [2.05, 4.69) is 5.32 Å². The number of amides is 1. The zero-order chi connectivity index (χ0) is 19.2. The molecule has 0 aromatic heterocycles. The predicted octanol–water partition coefficient (Wildman–Crippen LogP) is 1.01. The Bertz CT molecular complexity index is 716. The number of methoxy groups -OCH3 is 2. The highest BCUT2D eigenvalue weighted by Crippen LogP contribution is 2.33. The van der Waals surface area contributed by atoms with Crippen molar-refractivity contribution in [3.8, 4) is 11.5 Å². The molecule has 146 valence electrons. The molecule has 1 aromatic carbocycles. The zero-order valence-corrected chi connectivity index (χ0v) is 16.2. The molecule has 2 rings (SSSR count). The van der Waals surface area contributed by atoms with Crippen molar-refractivity contribution in [1.29, 1.82) is 0 Å². The van der Waals surface area contributed by atoms with Crippen LogP contribution in [0.25, 0.3) is 0 Å². The number of carbonyl (C=O) groups excluding carboxylic acids is 1. The van der Waals surface area contributed by atoms with Gasteiger partial charge in [0.2, 0.25) is 15.9 Å². The molecule has 0 spiro atoms. The number of carbonyl (C=O) groups is 1. The first-order valence-corrected chi connectivity index (χ1v) is 10.3. The van der Waals surface area contributed by atoms with Crippen LogP contribution in [0.3, 0.4) is 0 Å². The third-order valence-corrected chi connectivity index (χ3v) is 5.44. The molecule has 0 unspecified atom stereocenters. The Balaban J connectivity index is 2.10. The molecule has 1 amide bonds. The number of hydrogen-bond donors (Lipinski definition) is 1. The lowest BCUT2D eigenvalue weighted by Gasteiger charge is -2.26. The van der Waals surface area contributed by atoms with Gasteiger partial charge in [0.1, 0.15) is 11.5 Å². The second kappa shape index (κ2) is 9.09. The minimum atomic E-state index is -3.57. The van der Waals surface area contributed by atoms with Crippen LogP contribution in [0, 0.1) is 5.92 Å². The van der Waals surface area contributed by atoms with Crippen molar-refractivity contribution < 1.29 is 27.4 Å². The van der Waals surface area contributed by atoms with Crippen molar-refractivity contribution in [1.82, 2.24) is 5.32 Å². The van der Waals surface area contributed by atoms with Crippen molar-refractivity contribution in [2.24, 2.45) is 5.92 Å². The maximum Gasteiger partial charge on any atom is 0.232 e. The van der Waals surface area contributed by atoms with E-state index in [1.807, 2.05) is 0 Å². The molecule has 0 saturated carbocycles. The van der Waals surface area contributed by atoms with Gasteiger partial charge in [-0.05, 0) is 25.0 Å². The first kappa shape index (κ1) is 20.3. The topological polar surface area (TPSA) is 94.2 Å². The molecule has 26 heavy (non-hydrogen) atoms. The summed E-state index contributed by atoms with van der Waals surface area (Å²) in [6.07, 6.45) is 2.49. The van der Waals surface area contributed by atoms with Gasteiger partial charge >= 0.3 is 0 Å². The SMILES string of the molecule is COc1ccc(OC)c(N(CCNC(=O)C2CCOCC2)S(C)(=O)=O)c1. The fraction of sp³-hybridized carbons (Fsp3) is 0.588. The Hall–Kier alpha value is -2.00. The van der Waals surface area contributed by atoms with E-state index >= 15 is 0 Å². The number of sulfonamides is 1. The molecular formula is C17H26N2O6S. The highest BCUT2D eigenvalue weighted by atomic mass is 32.2. The predicted molar refractivity (Wildman–Crippen MR) is 98.3 cm³/mol. The average molecular weight is 386 g/mol. The average Bonchev–Trinajstić information content (AvgIpc) is 2.64. The maximum atomic E-state index is 12.3. The number of benzene rings is 1. The summed E-state index contributed by atoms with van der Waals surface area (Å²) in [5.41, 5.74) is 0.370. The Labute approximate surface area is 154 Å². The summed E-state index contributed by atoms with van der Waals surface area (Å²) >= 11 is 0. The van der Waals surface area contributed by atoms with E-state index in [0.717, 1.165) is 6.26 Å². The van der Waals surface area contributed by atoms with Crippen LogP contribution < -0.4 is 19.1 Å².